The van der Waals surface area contributed by atoms with Gasteiger partial charge in [0.1, 0.15) is 5.75 Å². The number of carbonyl (C=O) groups is 1. The average molecular weight is 215 g/mol. The van der Waals surface area contributed by atoms with Crippen LogP contribution in [0.3, 0.4) is 0 Å². The van der Waals surface area contributed by atoms with Gasteiger partial charge < -0.3 is 10.1 Å². The normalized spacial score (nSPS) is 10.1. The van der Waals surface area contributed by atoms with Gasteiger partial charge in [0.2, 0.25) is 0 Å². The lowest BCUT2D eigenvalue weighted by atomic mass is 10.2. The van der Waals surface area contributed by atoms with Gasteiger partial charge in [0.05, 0.1) is 0 Å². The van der Waals surface area contributed by atoms with Crippen molar-refractivity contribution < 1.29 is 18.3 Å². The molecule has 0 bridgehead atoms. The third kappa shape index (κ3) is 3.53. The second-order valence-corrected chi connectivity index (χ2v) is 2.77. The Morgan fingerprint density at radius 2 is 2.27 bits per heavy atom. The number of alkyl halides is 2. The molecule has 0 unspecified atom stereocenters. The fraction of sp³-hybridized carbons (Fsp3) is 0.300. The van der Waals surface area contributed by atoms with Crippen molar-refractivity contribution in [1.82, 2.24) is 5.32 Å². The Morgan fingerprint density at radius 1 is 1.53 bits per heavy atom. The van der Waals surface area contributed by atoms with Gasteiger partial charge in [-0.3, -0.25) is 4.79 Å². The molecular weight excluding hydrogens is 204 g/mol. The molecule has 0 atom stereocenters. The molecule has 0 aliphatic heterocycles. The van der Waals surface area contributed by atoms with Crippen LogP contribution in [-0.4, -0.2) is 19.1 Å². The molecule has 0 aliphatic rings. The van der Waals surface area contributed by atoms with E-state index < -0.39 is 6.61 Å². The molecule has 5 heteroatoms. The van der Waals surface area contributed by atoms with E-state index in [9.17, 15) is 13.6 Å². The highest BCUT2D eigenvalue weighted by Crippen LogP contribution is 2.15. The molecule has 0 saturated heterocycles. The van der Waals surface area contributed by atoms with E-state index in [0.29, 0.717) is 12.1 Å². The van der Waals surface area contributed by atoms with E-state index in [4.69, 9.17) is 0 Å². The summed E-state index contributed by atoms with van der Waals surface area (Å²) in [5, 5.41) is 2.56. The number of hydrogen-bond donors (Lipinski definition) is 1. The number of hydrogen-bond acceptors (Lipinski definition) is 2. The molecule has 82 valence electrons. The molecule has 1 aromatic rings. The molecule has 1 N–H and O–H groups in total. The SMILES string of the molecule is CCNC(=O)c1cccc(OC(F)F)c1. The number of benzene rings is 1. The zero-order chi connectivity index (χ0) is 11.3. The van der Waals surface area contributed by atoms with Gasteiger partial charge >= 0.3 is 6.61 Å². The van der Waals surface area contributed by atoms with Crippen molar-refractivity contribution in [3.63, 3.8) is 0 Å². The van der Waals surface area contributed by atoms with Crippen LogP contribution in [-0.2, 0) is 0 Å². The van der Waals surface area contributed by atoms with Crippen LogP contribution >= 0.6 is 0 Å². The second kappa shape index (κ2) is 5.29. The highest BCUT2D eigenvalue weighted by atomic mass is 19.3. The molecule has 0 aromatic heterocycles. The largest absolute Gasteiger partial charge is 0.435 e. The summed E-state index contributed by atoms with van der Waals surface area (Å²) in [5.41, 5.74) is 0.301. The average Bonchev–Trinajstić information content (AvgIpc) is 2.17. The van der Waals surface area contributed by atoms with Gasteiger partial charge in [0.15, 0.2) is 0 Å². The highest BCUT2D eigenvalue weighted by molar-refractivity contribution is 5.94. The summed E-state index contributed by atoms with van der Waals surface area (Å²) in [6, 6.07) is 5.66. The lowest BCUT2D eigenvalue weighted by Crippen LogP contribution is -2.22. The fourth-order valence-electron chi connectivity index (χ4n) is 1.08. The molecule has 0 spiro atoms. The summed E-state index contributed by atoms with van der Waals surface area (Å²) in [6.07, 6.45) is 0. The van der Waals surface area contributed by atoms with Crippen molar-refractivity contribution in [3.05, 3.63) is 29.8 Å². The van der Waals surface area contributed by atoms with E-state index in [0.717, 1.165) is 0 Å². The van der Waals surface area contributed by atoms with Gasteiger partial charge in [-0.1, -0.05) is 6.07 Å². The summed E-state index contributed by atoms with van der Waals surface area (Å²) < 4.78 is 27.9. The Balaban J connectivity index is 2.78. The number of nitrogens with one attached hydrogen (secondary N) is 1. The first-order valence-corrected chi connectivity index (χ1v) is 4.46. The van der Waals surface area contributed by atoms with Crippen LogP contribution in [0.2, 0.25) is 0 Å². The quantitative estimate of drug-likeness (QED) is 0.834. The van der Waals surface area contributed by atoms with Crippen molar-refractivity contribution in [2.24, 2.45) is 0 Å². The Morgan fingerprint density at radius 3 is 2.87 bits per heavy atom. The van der Waals surface area contributed by atoms with E-state index in [2.05, 4.69) is 10.1 Å². The highest BCUT2D eigenvalue weighted by Gasteiger charge is 2.08. The topological polar surface area (TPSA) is 38.3 Å². The van der Waals surface area contributed by atoms with Gasteiger partial charge in [-0.05, 0) is 25.1 Å². The number of amides is 1. The van der Waals surface area contributed by atoms with E-state index in [1.54, 1.807) is 6.92 Å². The molecule has 0 radical (unpaired) electrons. The standard InChI is InChI=1S/C10H11F2NO2/c1-2-13-9(14)7-4-3-5-8(6-7)15-10(11)12/h3-6,10H,2H2,1H3,(H,13,14). The van der Waals surface area contributed by atoms with Gasteiger partial charge in [-0.15, -0.1) is 0 Å². The van der Waals surface area contributed by atoms with Gasteiger partial charge in [0.25, 0.3) is 5.91 Å². The smallest absolute Gasteiger partial charge is 0.387 e. The maximum atomic E-state index is 11.9. The predicted octanol–water partition coefficient (Wildman–Crippen LogP) is 2.04. The fourth-order valence-corrected chi connectivity index (χ4v) is 1.08. The van der Waals surface area contributed by atoms with Crippen LogP contribution in [0.25, 0.3) is 0 Å². The van der Waals surface area contributed by atoms with Crippen LogP contribution in [0.15, 0.2) is 24.3 Å². The van der Waals surface area contributed by atoms with Crippen molar-refractivity contribution in [3.8, 4) is 5.75 Å². The minimum Gasteiger partial charge on any atom is -0.435 e. The first-order valence-electron chi connectivity index (χ1n) is 4.46. The lowest BCUT2D eigenvalue weighted by Gasteiger charge is -2.06. The first-order chi connectivity index (χ1) is 7.13. The molecular formula is C10H11F2NO2. The first kappa shape index (κ1) is 11.4. The van der Waals surface area contributed by atoms with Crippen LogP contribution in [0.4, 0.5) is 8.78 Å². The number of carbonyl (C=O) groups excluding carboxylic acids is 1. The summed E-state index contributed by atoms with van der Waals surface area (Å²) in [6.45, 7) is -0.620. The Kier molecular flexibility index (Phi) is 4.03. The summed E-state index contributed by atoms with van der Waals surface area (Å²) in [4.78, 5) is 11.3. The molecule has 1 amide bonds. The summed E-state index contributed by atoms with van der Waals surface area (Å²) in [7, 11) is 0. The third-order valence-corrected chi connectivity index (χ3v) is 1.66. The van der Waals surface area contributed by atoms with Crippen molar-refractivity contribution in [1.29, 1.82) is 0 Å². The molecule has 1 aromatic carbocycles. The number of ether oxygens (including phenoxy) is 1. The van der Waals surface area contributed by atoms with E-state index in [1.807, 2.05) is 0 Å². The zero-order valence-electron chi connectivity index (χ0n) is 8.17. The van der Waals surface area contributed by atoms with Gasteiger partial charge in [-0.25, -0.2) is 0 Å². The minimum absolute atomic E-state index is 0.0197. The van der Waals surface area contributed by atoms with E-state index in [-0.39, 0.29) is 11.7 Å². The van der Waals surface area contributed by atoms with Crippen molar-refractivity contribution >= 4 is 5.91 Å². The lowest BCUT2D eigenvalue weighted by molar-refractivity contribution is -0.0498. The van der Waals surface area contributed by atoms with Crippen LogP contribution in [0.1, 0.15) is 17.3 Å². The number of halogens is 2. The third-order valence-electron chi connectivity index (χ3n) is 1.66. The van der Waals surface area contributed by atoms with Crippen LogP contribution in [0.5, 0.6) is 5.75 Å². The Hall–Kier alpha value is -1.65. The molecule has 0 fully saturated rings. The monoisotopic (exact) mass is 215 g/mol. The molecule has 3 nitrogen and oxygen atoms in total. The van der Waals surface area contributed by atoms with Gasteiger partial charge in [0, 0.05) is 12.1 Å². The summed E-state index contributed by atoms with van der Waals surface area (Å²) >= 11 is 0. The molecule has 1 rings (SSSR count). The Bertz CT molecular complexity index is 342. The van der Waals surface area contributed by atoms with Crippen molar-refractivity contribution in [2.75, 3.05) is 6.54 Å². The van der Waals surface area contributed by atoms with E-state index >= 15 is 0 Å². The summed E-state index contributed by atoms with van der Waals surface area (Å²) in [5.74, 6) is -0.328. The van der Waals surface area contributed by atoms with Crippen LogP contribution in [0, 0.1) is 0 Å². The number of rotatable bonds is 4. The van der Waals surface area contributed by atoms with Crippen LogP contribution < -0.4 is 10.1 Å². The maximum Gasteiger partial charge on any atom is 0.387 e. The molecule has 15 heavy (non-hydrogen) atoms. The predicted molar refractivity (Wildman–Crippen MR) is 51.1 cm³/mol. The minimum atomic E-state index is -2.88. The van der Waals surface area contributed by atoms with Gasteiger partial charge in [-0.2, -0.15) is 8.78 Å². The Labute approximate surface area is 86.0 Å². The maximum absolute atomic E-state index is 11.9. The molecule has 0 saturated carbocycles. The second-order valence-electron chi connectivity index (χ2n) is 2.77. The van der Waals surface area contributed by atoms with E-state index in [1.165, 1.54) is 24.3 Å². The molecule has 0 aliphatic carbocycles. The molecule has 0 heterocycles. The van der Waals surface area contributed by atoms with Crippen molar-refractivity contribution in [2.45, 2.75) is 13.5 Å². The zero-order valence-corrected chi connectivity index (χ0v) is 8.17.